The maximum atomic E-state index is 5.90. The van der Waals surface area contributed by atoms with Gasteiger partial charge in [-0.15, -0.1) is 0 Å². The van der Waals surface area contributed by atoms with Crippen molar-refractivity contribution < 1.29 is 4.74 Å². The van der Waals surface area contributed by atoms with Gasteiger partial charge >= 0.3 is 0 Å². The third-order valence-corrected chi connectivity index (χ3v) is 3.79. The van der Waals surface area contributed by atoms with Gasteiger partial charge in [0.15, 0.2) is 0 Å². The van der Waals surface area contributed by atoms with Crippen molar-refractivity contribution in [3.8, 4) is 5.75 Å². The van der Waals surface area contributed by atoms with Crippen molar-refractivity contribution in [3.63, 3.8) is 0 Å². The number of pyridine rings is 1. The van der Waals surface area contributed by atoms with E-state index in [0.29, 0.717) is 13.2 Å². The lowest BCUT2D eigenvalue weighted by Gasteiger charge is -2.12. The molecular weight excluding hydrogens is 288 g/mol. The van der Waals surface area contributed by atoms with Crippen LogP contribution in [0.25, 0.3) is 11.0 Å². The van der Waals surface area contributed by atoms with Crippen molar-refractivity contribution in [2.45, 2.75) is 33.2 Å². The molecule has 23 heavy (non-hydrogen) atoms. The van der Waals surface area contributed by atoms with E-state index in [4.69, 9.17) is 10.5 Å². The minimum absolute atomic E-state index is 0.614. The second kappa shape index (κ2) is 6.69. The molecule has 2 heterocycles. The molecule has 0 amide bonds. The molecule has 1 aromatic carbocycles. The van der Waals surface area contributed by atoms with Crippen molar-refractivity contribution in [1.29, 1.82) is 0 Å². The topological polar surface area (TPSA) is 66.0 Å². The Labute approximate surface area is 136 Å². The number of hydrogen-bond donors (Lipinski definition) is 1. The SMILES string of the molecule is CCCCOc1ccc(C)nc1Cn1cnc2ccc(N)cc21. The minimum Gasteiger partial charge on any atom is -0.492 e. The van der Waals surface area contributed by atoms with E-state index in [9.17, 15) is 0 Å². The number of rotatable bonds is 6. The average Bonchev–Trinajstić information content (AvgIpc) is 2.92. The summed E-state index contributed by atoms with van der Waals surface area (Å²) >= 11 is 0. The van der Waals surface area contributed by atoms with Gasteiger partial charge in [-0.1, -0.05) is 13.3 Å². The molecule has 0 radical (unpaired) electrons. The lowest BCUT2D eigenvalue weighted by molar-refractivity contribution is 0.304. The van der Waals surface area contributed by atoms with Crippen molar-refractivity contribution in [2.24, 2.45) is 0 Å². The predicted molar refractivity (Wildman–Crippen MR) is 92.6 cm³/mol. The molecule has 2 aromatic heterocycles. The summed E-state index contributed by atoms with van der Waals surface area (Å²) in [6.07, 6.45) is 3.97. The van der Waals surface area contributed by atoms with Crippen LogP contribution < -0.4 is 10.5 Å². The van der Waals surface area contributed by atoms with Gasteiger partial charge in [-0.05, 0) is 43.7 Å². The Hall–Kier alpha value is -2.56. The van der Waals surface area contributed by atoms with Crippen LogP contribution in [0.15, 0.2) is 36.7 Å². The second-order valence-corrected chi connectivity index (χ2v) is 5.72. The quantitative estimate of drug-likeness (QED) is 0.558. The molecule has 0 saturated carbocycles. The summed E-state index contributed by atoms with van der Waals surface area (Å²) in [5.41, 5.74) is 10.5. The van der Waals surface area contributed by atoms with Gasteiger partial charge < -0.3 is 15.0 Å². The summed E-state index contributed by atoms with van der Waals surface area (Å²) in [6, 6.07) is 9.72. The lowest BCUT2D eigenvalue weighted by Crippen LogP contribution is -2.07. The van der Waals surface area contributed by atoms with E-state index in [1.165, 1.54) is 0 Å². The van der Waals surface area contributed by atoms with Crippen LogP contribution in [0.1, 0.15) is 31.2 Å². The molecule has 0 bridgehead atoms. The zero-order valence-electron chi connectivity index (χ0n) is 13.6. The van der Waals surface area contributed by atoms with Gasteiger partial charge in [0, 0.05) is 11.4 Å². The van der Waals surface area contributed by atoms with Crippen molar-refractivity contribution in [2.75, 3.05) is 12.3 Å². The van der Waals surface area contributed by atoms with Crippen LogP contribution in [-0.2, 0) is 6.54 Å². The number of benzene rings is 1. The van der Waals surface area contributed by atoms with E-state index in [0.717, 1.165) is 46.7 Å². The molecule has 3 aromatic rings. The predicted octanol–water partition coefficient (Wildman–Crippen LogP) is 3.55. The van der Waals surface area contributed by atoms with Gasteiger partial charge in [0.05, 0.1) is 30.5 Å². The number of unbranched alkanes of at least 4 members (excludes halogenated alkanes) is 1. The molecule has 120 valence electrons. The van der Waals surface area contributed by atoms with E-state index >= 15 is 0 Å². The first kappa shape index (κ1) is 15.3. The van der Waals surface area contributed by atoms with Crippen LogP contribution in [0.3, 0.4) is 0 Å². The maximum Gasteiger partial charge on any atom is 0.142 e. The van der Waals surface area contributed by atoms with Crippen molar-refractivity contribution in [1.82, 2.24) is 14.5 Å². The minimum atomic E-state index is 0.614. The average molecular weight is 310 g/mol. The summed E-state index contributed by atoms with van der Waals surface area (Å²) in [5.74, 6) is 0.842. The van der Waals surface area contributed by atoms with Crippen LogP contribution in [0.2, 0.25) is 0 Å². The smallest absolute Gasteiger partial charge is 0.142 e. The third kappa shape index (κ3) is 3.44. The molecule has 5 nitrogen and oxygen atoms in total. The molecule has 0 unspecified atom stereocenters. The fourth-order valence-corrected chi connectivity index (χ4v) is 2.53. The number of fused-ring (bicyclic) bond motifs is 1. The Bertz CT molecular complexity index is 810. The number of ether oxygens (including phenoxy) is 1. The number of aryl methyl sites for hydroxylation is 1. The first-order valence-corrected chi connectivity index (χ1v) is 7.97. The van der Waals surface area contributed by atoms with Gasteiger partial charge in [-0.25, -0.2) is 4.98 Å². The zero-order chi connectivity index (χ0) is 16.2. The molecule has 0 fully saturated rings. The summed E-state index contributed by atoms with van der Waals surface area (Å²) < 4.78 is 7.95. The lowest BCUT2D eigenvalue weighted by atomic mass is 10.2. The Morgan fingerprint density at radius 2 is 2.09 bits per heavy atom. The van der Waals surface area contributed by atoms with E-state index in [2.05, 4.69) is 21.5 Å². The molecule has 0 aliphatic heterocycles. The van der Waals surface area contributed by atoms with Crippen molar-refractivity contribution in [3.05, 3.63) is 48.0 Å². The Morgan fingerprint density at radius 1 is 1.22 bits per heavy atom. The Morgan fingerprint density at radius 3 is 2.91 bits per heavy atom. The maximum absolute atomic E-state index is 5.90. The first-order chi connectivity index (χ1) is 11.2. The fraction of sp³-hybridized carbons (Fsp3) is 0.333. The fourth-order valence-electron chi connectivity index (χ4n) is 2.53. The van der Waals surface area contributed by atoms with Crippen LogP contribution >= 0.6 is 0 Å². The van der Waals surface area contributed by atoms with Crippen molar-refractivity contribution >= 4 is 16.7 Å². The van der Waals surface area contributed by atoms with Gasteiger partial charge in [-0.2, -0.15) is 0 Å². The normalized spacial score (nSPS) is 11.0. The molecule has 5 heteroatoms. The van der Waals surface area contributed by atoms with Gasteiger partial charge in [-0.3, -0.25) is 4.98 Å². The molecule has 0 aliphatic rings. The summed E-state index contributed by atoms with van der Waals surface area (Å²) in [4.78, 5) is 9.07. The number of aromatic nitrogens is 3. The number of hydrogen-bond acceptors (Lipinski definition) is 4. The van der Waals surface area contributed by atoms with Gasteiger partial charge in [0.25, 0.3) is 0 Å². The van der Waals surface area contributed by atoms with Crippen LogP contribution in [0, 0.1) is 6.92 Å². The third-order valence-electron chi connectivity index (χ3n) is 3.79. The Balaban J connectivity index is 1.91. The second-order valence-electron chi connectivity index (χ2n) is 5.72. The molecule has 0 spiro atoms. The number of anilines is 1. The number of nitrogens with two attached hydrogens (primary N) is 1. The molecule has 2 N–H and O–H groups in total. The molecule has 0 aliphatic carbocycles. The van der Waals surface area contributed by atoms with Gasteiger partial charge in [0.2, 0.25) is 0 Å². The molecular formula is C18H22N4O. The molecule has 3 rings (SSSR count). The Kier molecular flexibility index (Phi) is 4.46. The van der Waals surface area contributed by atoms with E-state index in [1.807, 2.05) is 43.6 Å². The van der Waals surface area contributed by atoms with Crippen LogP contribution in [0.5, 0.6) is 5.75 Å². The highest BCUT2D eigenvalue weighted by Gasteiger charge is 2.10. The summed E-state index contributed by atoms with van der Waals surface area (Å²) in [6.45, 7) is 5.47. The standard InChI is InChI=1S/C18H22N4O/c1-3-4-9-23-18-8-5-13(2)21-16(18)11-22-12-20-15-7-6-14(19)10-17(15)22/h5-8,10,12H,3-4,9,11,19H2,1-2H3. The van der Waals surface area contributed by atoms with E-state index < -0.39 is 0 Å². The van der Waals surface area contributed by atoms with E-state index in [1.54, 1.807) is 0 Å². The molecule has 0 saturated heterocycles. The highest BCUT2D eigenvalue weighted by atomic mass is 16.5. The number of nitrogens with zero attached hydrogens (tertiary/aromatic N) is 3. The largest absolute Gasteiger partial charge is 0.492 e. The summed E-state index contributed by atoms with van der Waals surface area (Å²) in [5, 5.41) is 0. The van der Waals surface area contributed by atoms with Gasteiger partial charge in [0.1, 0.15) is 11.4 Å². The highest BCUT2D eigenvalue weighted by molar-refractivity contribution is 5.79. The monoisotopic (exact) mass is 310 g/mol. The first-order valence-electron chi connectivity index (χ1n) is 7.97. The zero-order valence-corrected chi connectivity index (χ0v) is 13.6. The number of nitrogen functional groups attached to an aromatic ring is 1. The van der Waals surface area contributed by atoms with Crippen LogP contribution in [-0.4, -0.2) is 21.1 Å². The van der Waals surface area contributed by atoms with E-state index in [-0.39, 0.29) is 0 Å². The molecule has 0 atom stereocenters. The highest BCUT2D eigenvalue weighted by Crippen LogP contribution is 2.22. The summed E-state index contributed by atoms with van der Waals surface area (Å²) in [7, 11) is 0. The number of imidazole rings is 1. The van der Waals surface area contributed by atoms with Crippen LogP contribution in [0.4, 0.5) is 5.69 Å².